The lowest BCUT2D eigenvalue weighted by Gasteiger charge is -2.29. The van der Waals surface area contributed by atoms with Crippen molar-refractivity contribution in [3.8, 4) is 0 Å². The van der Waals surface area contributed by atoms with Crippen LogP contribution in [0.25, 0.3) is 0 Å². The van der Waals surface area contributed by atoms with Gasteiger partial charge in [-0.2, -0.15) is 12.6 Å². The highest BCUT2D eigenvalue weighted by Crippen LogP contribution is 2.19. The molecule has 11 nitrogen and oxygen atoms in total. The molecular formula is C18H30N4O7S. The fraction of sp³-hybridized carbons (Fsp3) is 0.722. The van der Waals surface area contributed by atoms with E-state index in [1.165, 1.54) is 4.90 Å². The van der Waals surface area contributed by atoms with Gasteiger partial charge in [0.1, 0.15) is 18.1 Å². The van der Waals surface area contributed by atoms with Crippen molar-refractivity contribution in [3.63, 3.8) is 0 Å². The van der Waals surface area contributed by atoms with Gasteiger partial charge in [0, 0.05) is 12.3 Å². The van der Waals surface area contributed by atoms with Crippen LogP contribution in [-0.2, 0) is 24.0 Å². The van der Waals surface area contributed by atoms with Crippen molar-refractivity contribution in [2.24, 2.45) is 11.7 Å². The molecule has 0 aromatic heterocycles. The Kier molecular flexibility index (Phi) is 10.1. The highest BCUT2D eigenvalue weighted by Gasteiger charge is 2.39. The van der Waals surface area contributed by atoms with Crippen molar-refractivity contribution in [1.82, 2.24) is 15.5 Å². The Hall–Kier alpha value is -2.34. The average Bonchev–Trinajstić information content (AvgIpc) is 3.19. The van der Waals surface area contributed by atoms with E-state index >= 15 is 0 Å². The second-order valence-corrected chi connectivity index (χ2v) is 7.71. The number of hydrogen-bond acceptors (Lipinski definition) is 7. The van der Waals surface area contributed by atoms with Gasteiger partial charge in [0.15, 0.2) is 0 Å². The van der Waals surface area contributed by atoms with Crippen molar-refractivity contribution in [2.75, 3.05) is 12.3 Å². The molecule has 0 bridgehead atoms. The van der Waals surface area contributed by atoms with E-state index in [1.54, 1.807) is 0 Å². The van der Waals surface area contributed by atoms with Crippen LogP contribution in [0.2, 0.25) is 0 Å². The molecule has 5 atom stereocenters. The second kappa shape index (κ2) is 11.7. The summed E-state index contributed by atoms with van der Waals surface area (Å²) < 4.78 is 0. The lowest BCUT2D eigenvalue weighted by molar-refractivity contribution is -0.148. The number of thiol groups is 1. The van der Waals surface area contributed by atoms with E-state index in [2.05, 4.69) is 23.3 Å². The third-order valence-corrected chi connectivity index (χ3v) is 5.55. The topological polar surface area (TPSA) is 179 Å². The molecule has 0 aliphatic carbocycles. The summed E-state index contributed by atoms with van der Waals surface area (Å²) in [4.78, 5) is 61.0. The zero-order chi connectivity index (χ0) is 23.0. The average molecular weight is 447 g/mol. The molecule has 1 fully saturated rings. The van der Waals surface area contributed by atoms with Gasteiger partial charge in [-0.25, -0.2) is 4.79 Å². The zero-order valence-electron chi connectivity index (χ0n) is 17.0. The van der Waals surface area contributed by atoms with Crippen LogP contribution in [0.5, 0.6) is 0 Å². The number of carbonyl (C=O) groups is 5. The van der Waals surface area contributed by atoms with E-state index in [0.717, 1.165) is 0 Å². The van der Waals surface area contributed by atoms with Crippen molar-refractivity contribution in [2.45, 2.75) is 63.7 Å². The molecule has 6 N–H and O–H groups in total. The molecule has 0 aromatic carbocycles. The number of aliphatic carboxylic acids is 2. The number of likely N-dealkylation sites (tertiary alicyclic amines) is 1. The summed E-state index contributed by atoms with van der Waals surface area (Å²) in [5.74, 6) is -4.75. The summed E-state index contributed by atoms with van der Waals surface area (Å²) in [6.07, 6.45) is 0.685. The van der Waals surface area contributed by atoms with E-state index < -0.39 is 60.2 Å². The molecular weight excluding hydrogens is 416 g/mol. The van der Waals surface area contributed by atoms with Gasteiger partial charge in [-0.3, -0.25) is 19.2 Å². The Morgan fingerprint density at radius 1 is 1.17 bits per heavy atom. The quantitative estimate of drug-likeness (QED) is 0.214. The third kappa shape index (κ3) is 6.87. The largest absolute Gasteiger partial charge is 0.481 e. The molecule has 1 aliphatic heterocycles. The van der Waals surface area contributed by atoms with Gasteiger partial charge < -0.3 is 31.5 Å². The van der Waals surface area contributed by atoms with Gasteiger partial charge in [0.2, 0.25) is 17.7 Å². The van der Waals surface area contributed by atoms with Crippen LogP contribution in [0.4, 0.5) is 0 Å². The second-order valence-electron chi connectivity index (χ2n) is 7.34. The molecule has 12 heteroatoms. The molecule has 170 valence electrons. The van der Waals surface area contributed by atoms with Gasteiger partial charge >= 0.3 is 11.9 Å². The summed E-state index contributed by atoms with van der Waals surface area (Å²) in [6, 6.07) is -4.37. The standard InChI is InChI=1S/C18H30N4O7S/c1-3-9(2)14(19)16(26)21-11(8-30)17(27)22-6-4-5-12(22)15(25)20-10(18(28)29)7-13(23)24/h9-12,14,30H,3-8,19H2,1-2H3,(H,20,25)(H,21,26)(H,23,24)(H,28,29)/t9-,10-,11-,12-,14-/m0/s1. The molecule has 0 spiro atoms. The number of nitrogens with two attached hydrogens (primary N) is 1. The van der Waals surface area contributed by atoms with E-state index in [9.17, 15) is 24.0 Å². The molecule has 0 radical (unpaired) electrons. The zero-order valence-corrected chi connectivity index (χ0v) is 17.9. The predicted octanol–water partition coefficient (Wildman–Crippen LogP) is -1.19. The number of rotatable bonds is 11. The van der Waals surface area contributed by atoms with Crippen LogP contribution < -0.4 is 16.4 Å². The molecule has 0 aromatic rings. The molecule has 30 heavy (non-hydrogen) atoms. The van der Waals surface area contributed by atoms with Crippen molar-refractivity contribution in [1.29, 1.82) is 0 Å². The van der Waals surface area contributed by atoms with Gasteiger partial charge in [-0.1, -0.05) is 20.3 Å². The summed E-state index contributed by atoms with van der Waals surface area (Å²) in [6.45, 7) is 3.95. The van der Waals surface area contributed by atoms with E-state index in [4.69, 9.17) is 15.9 Å². The van der Waals surface area contributed by atoms with Crippen molar-refractivity contribution in [3.05, 3.63) is 0 Å². The van der Waals surface area contributed by atoms with Crippen LogP contribution in [-0.4, -0.2) is 81.2 Å². The smallest absolute Gasteiger partial charge is 0.326 e. The molecule has 3 amide bonds. The minimum Gasteiger partial charge on any atom is -0.481 e. The molecule has 1 aliphatic rings. The summed E-state index contributed by atoms with van der Waals surface area (Å²) >= 11 is 4.12. The van der Waals surface area contributed by atoms with Crippen LogP contribution in [0.15, 0.2) is 0 Å². The SMILES string of the molecule is CC[C@H](C)[C@H](N)C(=O)N[C@@H](CS)C(=O)N1CCC[C@H]1C(=O)N[C@@H](CC(=O)O)C(=O)O. The fourth-order valence-corrected chi connectivity index (χ4v) is 3.36. The Balaban J connectivity index is 2.86. The summed E-state index contributed by atoms with van der Waals surface area (Å²) in [5, 5.41) is 22.6. The normalized spacial score (nSPS) is 20.0. The number of carboxylic acids is 2. The lowest BCUT2D eigenvalue weighted by atomic mass is 9.99. The first-order valence-electron chi connectivity index (χ1n) is 9.75. The first-order valence-corrected chi connectivity index (χ1v) is 10.4. The minimum atomic E-state index is -1.61. The number of amides is 3. The Morgan fingerprint density at radius 2 is 1.80 bits per heavy atom. The summed E-state index contributed by atoms with van der Waals surface area (Å²) in [7, 11) is 0. The number of carboxylic acid groups (broad SMARTS) is 2. The molecule has 1 saturated heterocycles. The lowest BCUT2D eigenvalue weighted by Crippen LogP contribution is -2.58. The maximum atomic E-state index is 12.9. The number of hydrogen-bond donors (Lipinski definition) is 6. The fourth-order valence-electron chi connectivity index (χ4n) is 3.11. The molecule has 0 unspecified atom stereocenters. The van der Waals surface area contributed by atoms with Crippen LogP contribution in [0.1, 0.15) is 39.5 Å². The number of carbonyl (C=O) groups excluding carboxylic acids is 3. The van der Waals surface area contributed by atoms with Crippen LogP contribution in [0.3, 0.4) is 0 Å². The van der Waals surface area contributed by atoms with Gasteiger partial charge in [0.25, 0.3) is 0 Å². The first-order chi connectivity index (χ1) is 14.0. The maximum Gasteiger partial charge on any atom is 0.326 e. The summed E-state index contributed by atoms with van der Waals surface area (Å²) in [5.41, 5.74) is 5.90. The maximum absolute atomic E-state index is 12.9. The monoisotopic (exact) mass is 446 g/mol. The minimum absolute atomic E-state index is 0.0145. The van der Waals surface area contributed by atoms with Crippen molar-refractivity contribution >= 4 is 42.3 Å². The van der Waals surface area contributed by atoms with E-state index in [1.807, 2.05) is 13.8 Å². The number of nitrogens with zero attached hydrogens (tertiary/aromatic N) is 1. The first kappa shape index (κ1) is 25.7. The molecule has 1 rings (SSSR count). The Bertz CT molecular complexity index is 675. The predicted molar refractivity (Wildman–Crippen MR) is 110 cm³/mol. The number of nitrogens with one attached hydrogen (secondary N) is 2. The van der Waals surface area contributed by atoms with Crippen LogP contribution in [0, 0.1) is 5.92 Å². The van der Waals surface area contributed by atoms with Gasteiger partial charge in [-0.15, -0.1) is 0 Å². The van der Waals surface area contributed by atoms with Gasteiger partial charge in [0.05, 0.1) is 12.5 Å². The molecule has 0 saturated carbocycles. The molecule has 1 heterocycles. The van der Waals surface area contributed by atoms with Gasteiger partial charge in [-0.05, 0) is 18.8 Å². The Labute approximate surface area is 180 Å². The Morgan fingerprint density at radius 3 is 2.30 bits per heavy atom. The van der Waals surface area contributed by atoms with Crippen molar-refractivity contribution < 1.29 is 34.2 Å². The van der Waals surface area contributed by atoms with E-state index in [-0.39, 0.29) is 24.6 Å². The van der Waals surface area contributed by atoms with Crippen LogP contribution >= 0.6 is 12.6 Å². The highest BCUT2D eigenvalue weighted by molar-refractivity contribution is 7.80. The third-order valence-electron chi connectivity index (χ3n) is 5.19. The highest BCUT2D eigenvalue weighted by atomic mass is 32.1. The van der Waals surface area contributed by atoms with E-state index in [0.29, 0.717) is 12.8 Å².